The number of fused-ring (bicyclic) bond motifs is 1. The fourth-order valence-electron chi connectivity index (χ4n) is 2.89. The van der Waals surface area contributed by atoms with Crippen LogP contribution in [0.2, 0.25) is 10.0 Å². The van der Waals surface area contributed by atoms with Gasteiger partial charge in [0, 0.05) is 18.1 Å². The topological polar surface area (TPSA) is 84.2 Å². The average Bonchev–Trinajstić information content (AvgIpc) is 2.72. The van der Waals surface area contributed by atoms with E-state index in [4.69, 9.17) is 32.7 Å². The van der Waals surface area contributed by atoms with Crippen molar-refractivity contribution in [3.63, 3.8) is 0 Å². The number of benzene rings is 2. The molecule has 0 amide bonds. The molecule has 3 aromatic rings. The summed E-state index contributed by atoms with van der Waals surface area (Å²) in [6, 6.07) is 10.6. The van der Waals surface area contributed by atoms with Gasteiger partial charge in [0.2, 0.25) is 0 Å². The predicted octanol–water partition coefficient (Wildman–Crippen LogP) is 5.21. The van der Waals surface area contributed by atoms with Crippen molar-refractivity contribution in [2.45, 2.75) is 13.5 Å². The quantitative estimate of drug-likeness (QED) is 0.541. The highest BCUT2D eigenvalue weighted by Gasteiger charge is 2.19. The van der Waals surface area contributed by atoms with E-state index in [0.717, 1.165) is 5.56 Å². The van der Waals surface area contributed by atoms with Crippen LogP contribution in [0.25, 0.3) is 10.9 Å². The van der Waals surface area contributed by atoms with E-state index < -0.39 is 5.97 Å². The third-order valence-corrected chi connectivity index (χ3v) is 4.82. The van der Waals surface area contributed by atoms with E-state index in [0.29, 0.717) is 44.5 Å². The molecule has 0 aliphatic heterocycles. The lowest BCUT2D eigenvalue weighted by molar-refractivity contribution is 0.0527. The highest BCUT2D eigenvalue weighted by atomic mass is 35.5. The summed E-state index contributed by atoms with van der Waals surface area (Å²) in [5.41, 5.74) is 2.46. The van der Waals surface area contributed by atoms with Crippen LogP contribution in [0.3, 0.4) is 0 Å². The minimum Gasteiger partial charge on any atom is -0.495 e. The molecule has 0 aliphatic carbocycles. The monoisotopic (exact) mass is 429 g/mol. The maximum absolute atomic E-state index is 12.5. The Hall–Kier alpha value is -3.01. The molecule has 0 aliphatic rings. The lowest BCUT2D eigenvalue weighted by atomic mass is 10.1. The summed E-state index contributed by atoms with van der Waals surface area (Å²) in [5.74, 6) is 0.0538. The molecule has 29 heavy (non-hydrogen) atoms. The molecule has 148 valence electrons. The lowest BCUT2D eigenvalue weighted by Gasteiger charge is -2.15. The predicted molar refractivity (Wildman–Crippen MR) is 113 cm³/mol. The fourth-order valence-corrected chi connectivity index (χ4v) is 3.44. The summed E-state index contributed by atoms with van der Waals surface area (Å²) >= 11 is 12.5. The van der Waals surface area contributed by atoms with Crippen LogP contribution < -0.4 is 10.1 Å². The number of nitriles is 1. The van der Waals surface area contributed by atoms with Crippen LogP contribution in [0, 0.1) is 11.3 Å². The van der Waals surface area contributed by atoms with Crippen molar-refractivity contribution < 1.29 is 14.3 Å². The lowest BCUT2D eigenvalue weighted by Crippen LogP contribution is -2.11. The van der Waals surface area contributed by atoms with Gasteiger partial charge in [-0.3, -0.25) is 4.98 Å². The molecule has 0 fully saturated rings. The van der Waals surface area contributed by atoms with Crippen LogP contribution in [0.5, 0.6) is 5.75 Å². The number of esters is 1. The molecule has 3 rings (SSSR count). The zero-order valence-corrected chi connectivity index (χ0v) is 17.3. The molecule has 6 nitrogen and oxygen atoms in total. The number of ether oxygens (including phenoxy) is 2. The minimum absolute atomic E-state index is 0.226. The Labute approximate surface area is 178 Å². The van der Waals surface area contributed by atoms with Crippen molar-refractivity contribution in [3.05, 3.63) is 63.3 Å². The number of methoxy groups -OCH3 is 1. The van der Waals surface area contributed by atoms with Crippen LogP contribution in [-0.2, 0) is 11.3 Å². The number of hydrogen-bond donors (Lipinski definition) is 1. The van der Waals surface area contributed by atoms with Gasteiger partial charge in [-0.15, -0.1) is 0 Å². The van der Waals surface area contributed by atoms with Gasteiger partial charge in [-0.05, 0) is 36.8 Å². The van der Waals surface area contributed by atoms with Gasteiger partial charge in [0.25, 0.3) is 0 Å². The SMILES string of the molecule is CCOC(=O)c1cnc2c(Cl)cc(C#N)cc2c1NCc1ccc(OC)c(Cl)c1. The Morgan fingerprint density at radius 1 is 1.24 bits per heavy atom. The molecule has 2 aromatic carbocycles. The van der Waals surface area contributed by atoms with Crippen LogP contribution >= 0.6 is 23.2 Å². The number of aromatic nitrogens is 1. The van der Waals surface area contributed by atoms with Gasteiger partial charge in [-0.1, -0.05) is 29.3 Å². The molecule has 0 spiro atoms. The second kappa shape index (κ2) is 8.99. The summed E-state index contributed by atoms with van der Waals surface area (Å²) < 4.78 is 10.3. The molecular formula is C21H17Cl2N3O3. The summed E-state index contributed by atoms with van der Waals surface area (Å²) in [6.07, 6.45) is 1.42. The van der Waals surface area contributed by atoms with Gasteiger partial charge in [0.05, 0.1) is 46.6 Å². The molecular weight excluding hydrogens is 413 g/mol. The summed E-state index contributed by atoms with van der Waals surface area (Å²) in [7, 11) is 1.55. The normalized spacial score (nSPS) is 10.4. The molecule has 1 N–H and O–H groups in total. The van der Waals surface area contributed by atoms with E-state index in [-0.39, 0.29) is 12.2 Å². The second-order valence-corrected chi connectivity index (χ2v) is 6.87. The van der Waals surface area contributed by atoms with Gasteiger partial charge in [-0.2, -0.15) is 5.26 Å². The number of rotatable bonds is 6. The number of hydrogen-bond acceptors (Lipinski definition) is 6. The number of nitrogens with one attached hydrogen (secondary N) is 1. The van der Waals surface area contributed by atoms with E-state index in [2.05, 4.69) is 16.4 Å². The van der Waals surface area contributed by atoms with Crippen molar-refractivity contribution in [1.29, 1.82) is 5.26 Å². The molecule has 0 bridgehead atoms. The Kier molecular flexibility index (Phi) is 6.42. The van der Waals surface area contributed by atoms with E-state index >= 15 is 0 Å². The third kappa shape index (κ3) is 4.37. The number of anilines is 1. The number of pyridine rings is 1. The first-order valence-corrected chi connectivity index (χ1v) is 9.49. The van der Waals surface area contributed by atoms with Crippen LogP contribution in [0.1, 0.15) is 28.4 Å². The minimum atomic E-state index is -0.518. The second-order valence-electron chi connectivity index (χ2n) is 6.06. The molecule has 0 saturated carbocycles. The number of carbonyl (C=O) groups excluding carboxylic acids is 1. The smallest absolute Gasteiger partial charge is 0.341 e. The van der Waals surface area contributed by atoms with Crippen LogP contribution in [0.4, 0.5) is 5.69 Å². The molecule has 0 atom stereocenters. The molecule has 1 heterocycles. The first-order valence-electron chi connectivity index (χ1n) is 8.74. The zero-order valence-electron chi connectivity index (χ0n) is 15.8. The maximum Gasteiger partial charge on any atom is 0.341 e. The molecule has 8 heteroatoms. The van der Waals surface area contributed by atoms with Crippen molar-refractivity contribution in [2.24, 2.45) is 0 Å². The fraction of sp³-hybridized carbons (Fsp3) is 0.190. The van der Waals surface area contributed by atoms with Gasteiger partial charge in [0.15, 0.2) is 0 Å². The summed E-state index contributed by atoms with van der Waals surface area (Å²) in [4.78, 5) is 16.8. The number of halogens is 2. The van der Waals surface area contributed by atoms with Gasteiger partial charge < -0.3 is 14.8 Å². The first-order chi connectivity index (χ1) is 14.0. The third-order valence-electron chi connectivity index (χ3n) is 4.23. The van der Waals surface area contributed by atoms with E-state index in [1.54, 1.807) is 32.2 Å². The van der Waals surface area contributed by atoms with Gasteiger partial charge in [0.1, 0.15) is 11.3 Å². The highest BCUT2D eigenvalue weighted by molar-refractivity contribution is 6.35. The van der Waals surface area contributed by atoms with E-state index in [1.165, 1.54) is 12.3 Å². The largest absolute Gasteiger partial charge is 0.495 e. The van der Waals surface area contributed by atoms with Crippen molar-refractivity contribution in [1.82, 2.24) is 4.98 Å². The van der Waals surface area contributed by atoms with Crippen molar-refractivity contribution in [3.8, 4) is 11.8 Å². The van der Waals surface area contributed by atoms with Crippen molar-refractivity contribution in [2.75, 3.05) is 19.0 Å². The van der Waals surface area contributed by atoms with E-state index in [9.17, 15) is 10.1 Å². The molecule has 1 aromatic heterocycles. The Bertz CT molecular complexity index is 1130. The molecule has 0 unspecified atom stereocenters. The number of nitrogens with zero attached hydrogens (tertiary/aromatic N) is 2. The zero-order chi connectivity index (χ0) is 21.0. The average molecular weight is 430 g/mol. The number of carbonyl (C=O) groups is 1. The van der Waals surface area contributed by atoms with Gasteiger partial charge >= 0.3 is 5.97 Å². The Morgan fingerprint density at radius 2 is 2.03 bits per heavy atom. The van der Waals surface area contributed by atoms with E-state index in [1.807, 2.05) is 6.07 Å². The Balaban J connectivity index is 2.08. The highest BCUT2D eigenvalue weighted by Crippen LogP contribution is 2.33. The van der Waals surface area contributed by atoms with Crippen LogP contribution in [-0.4, -0.2) is 24.7 Å². The van der Waals surface area contributed by atoms with Crippen molar-refractivity contribution >= 4 is 45.8 Å². The molecule has 0 saturated heterocycles. The standard InChI is InChI=1S/C21H17Cl2N3O3/c1-3-29-21(27)15-11-26-20-14(6-13(9-24)8-17(20)23)19(15)25-10-12-4-5-18(28-2)16(22)7-12/h4-8,11H,3,10H2,1-2H3,(H,25,26). The maximum atomic E-state index is 12.5. The first kappa shape index (κ1) is 20.7. The molecule has 0 radical (unpaired) electrons. The summed E-state index contributed by atoms with van der Waals surface area (Å²) in [6.45, 7) is 2.32. The summed E-state index contributed by atoms with van der Waals surface area (Å²) in [5, 5.41) is 13.9. The van der Waals surface area contributed by atoms with Gasteiger partial charge in [-0.25, -0.2) is 4.79 Å². The Morgan fingerprint density at radius 3 is 2.69 bits per heavy atom. The van der Waals surface area contributed by atoms with Crippen LogP contribution in [0.15, 0.2) is 36.5 Å².